The van der Waals surface area contributed by atoms with Gasteiger partial charge in [0.05, 0.1) is 4.47 Å². The number of halogens is 3. The Morgan fingerprint density at radius 3 is 2.44 bits per heavy atom. The molecule has 2 amide bonds. The summed E-state index contributed by atoms with van der Waals surface area (Å²) in [5.74, 6) is 0.540. The first-order valence-corrected chi connectivity index (χ1v) is 14.2. The molecule has 0 aromatic heterocycles. The minimum absolute atomic E-state index is 0.134. The maximum Gasteiger partial charge on any atom is 0.261 e. The van der Waals surface area contributed by atoms with E-state index in [0.717, 1.165) is 35.7 Å². The summed E-state index contributed by atoms with van der Waals surface area (Å²) in [6.45, 7) is 6.14. The third-order valence-corrected chi connectivity index (χ3v) is 7.87. The molecule has 196 valence electrons. The Balaban J connectivity index is 1.80. The van der Waals surface area contributed by atoms with Gasteiger partial charge in [-0.2, -0.15) is 0 Å². The molecule has 0 unspecified atom stereocenters. The highest BCUT2D eigenvalue weighted by molar-refractivity contribution is 9.10. The van der Waals surface area contributed by atoms with Gasteiger partial charge in [0.15, 0.2) is 6.61 Å². The van der Waals surface area contributed by atoms with Gasteiger partial charge in [-0.15, -0.1) is 0 Å². The van der Waals surface area contributed by atoms with Crippen LogP contribution in [0.4, 0.5) is 0 Å². The van der Waals surface area contributed by atoms with Gasteiger partial charge in [-0.05, 0) is 76.5 Å². The molecule has 0 saturated heterocycles. The summed E-state index contributed by atoms with van der Waals surface area (Å²) in [6, 6.07) is 10.5. The Bertz CT molecular complexity index is 1060. The van der Waals surface area contributed by atoms with Crippen molar-refractivity contribution in [2.24, 2.45) is 0 Å². The van der Waals surface area contributed by atoms with E-state index in [9.17, 15) is 9.59 Å². The summed E-state index contributed by atoms with van der Waals surface area (Å²) in [6.07, 6.45) is 5.86. The van der Waals surface area contributed by atoms with Gasteiger partial charge >= 0.3 is 0 Å². The van der Waals surface area contributed by atoms with E-state index >= 15 is 0 Å². The average Bonchev–Trinajstić information content (AvgIpc) is 2.84. The van der Waals surface area contributed by atoms with Crippen LogP contribution in [-0.4, -0.2) is 35.4 Å². The molecule has 0 aliphatic heterocycles. The van der Waals surface area contributed by atoms with Gasteiger partial charge < -0.3 is 15.0 Å². The molecular weight excluding hydrogens is 563 g/mol. The molecule has 1 aliphatic rings. The zero-order valence-corrected chi connectivity index (χ0v) is 24.3. The van der Waals surface area contributed by atoms with Crippen molar-refractivity contribution in [3.63, 3.8) is 0 Å². The molecule has 36 heavy (non-hydrogen) atoms. The topological polar surface area (TPSA) is 58.6 Å². The van der Waals surface area contributed by atoms with Crippen LogP contribution in [0.5, 0.6) is 5.75 Å². The molecule has 5 nitrogen and oxygen atoms in total. The lowest BCUT2D eigenvalue weighted by Crippen LogP contribution is -2.52. The number of benzene rings is 2. The van der Waals surface area contributed by atoms with Crippen LogP contribution in [0.15, 0.2) is 40.9 Å². The molecule has 0 radical (unpaired) electrons. The summed E-state index contributed by atoms with van der Waals surface area (Å²) in [7, 11) is 0. The van der Waals surface area contributed by atoms with Gasteiger partial charge in [0.2, 0.25) is 5.91 Å². The van der Waals surface area contributed by atoms with E-state index in [1.165, 1.54) is 12.0 Å². The molecule has 1 fully saturated rings. The van der Waals surface area contributed by atoms with Crippen molar-refractivity contribution in [1.29, 1.82) is 0 Å². The van der Waals surface area contributed by atoms with Crippen LogP contribution in [-0.2, 0) is 16.1 Å². The summed E-state index contributed by atoms with van der Waals surface area (Å²) in [5, 5.41) is 4.15. The van der Waals surface area contributed by atoms with Crippen molar-refractivity contribution in [1.82, 2.24) is 10.2 Å². The molecule has 8 heteroatoms. The zero-order valence-electron chi connectivity index (χ0n) is 21.2. The van der Waals surface area contributed by atoms with E-state index in [4.69, 9.17) is 27.9 Å². The van der Waals surface area contributed by atoms with E-state index in [2.05, 4.69) is 35.1 Å². The van der Waals surface area contributed by atoms with Gasteiger partial charge in [0, 0.05) is 22.6 Å². The van der Waals surface area contributed by atoms with Crippen LogP contribution in [0.25, 0.3) is 0 Å². The third kappa shape index (κ3) is 7.87. The number of carbonyl (C=O) groups excluding carboxylic acids is 2. The van der Waals surface area contributed by atoms with Crippen molar-refractivity contribution in [3.8, 4) is 5.75 Å². The highest BCUT2D eigenvalue weighted by atomic mass is 79.9. The second kappa shape index (κ2) is 13.7. The van der Waals surface area contributed by atoms with Crippen molar-refractivity contribution in [2.75, 3.05) is 6.61 Å². The molecule has 1 aliphatic carbocycles. The smallest absolute Gasteiger partial charge is 0.261 e. The molecule has 2 aromatic carbocycles. The molecule has 1 saturated carbocycles. The molecule has 2 aromatic rings. The second-order valence-electron chi connectivity index (χ2n) is 9.66. The van der Waals surface area contributed by atoms with E-state index in [1.807, 2.05) is 25.1 Å². The fraction of sp³-hybridized carbons (Fsp3) is 0.500. The molecule has 3 rings (SSSR count). The Morgan fingerprint density at radius 2 is 1.83 bits per heavy atom. The molecular formula is C28H35BrCl2N2O3. The summed E-state index contributed by atoms with van der Waals surface area (Å²) in [5.41, 5.74) is 1.89. The predicted octanol–water partition coefficient (Wildman–Crippen LogP) is 7.51. The van der Waals surface area contributed by atoms with Crippen LogP contribution in [0, 0.1) is 0 Å². The Hall–Kier alpha value is -1.76. The number of hydrogen-bond acceptors (Lipinski definition) is 3. The van der Waals surface area contributed by atoms with Crippen LogP contribution in [0.1, 0.15) is 76.3 Å². The normalized spacial score (nSPS) is 15.0. The lowest BCUT2D eigenvalue weighted by atomic mass is 9.95. The third-order valence-electron chi connectivity index (χ3n) is 6.67. The number of rotatable bonds is 10. The monoisotopic (exact) mass is 596 g/mol. The lowest BCUT2D eigenvalue weighted by molar-refractivity contribution is -0.143. The zero-order chi connectivity index (χ0) is 26.2. The number of amides is 2. The predicted molar refractivity (Wildman–Crippen MR) is 150 cm³/mol. The van der Waals surface area contributed by atoms with E-state index in [-0.39, 0.29) is 31.0 Å². The fourth-order valence-electron chi connectivity index (χ4n) is 4.51. The van der Waals surface area contributed by atoms with Crippen LogP contribution in [0.2, 0.25) is 10.0 Å². The highest BCUT2D eigenvalue weighted by Crippen LogP contribution is 2.29. The quantitative estimate of drug-likeness (QED) is 0.308. The first-order chi connectivity index (χ1) is 17.2. The first-order valence-electron chi connectivity index (χ1n) is 12.7. The SMILES string of the molecule is CC[C@H](C(=O)NC1CCCCC1)N(Cc1ccc(Cl)cc1Cl)C(=O)COc1ccc(C(C)C)cc1Br. The highest BCUT2D eigenvalue weighted by Gasteiger charge is 2.31. The minimum Gasteiger partial charge on any atom is -0.483 e. The summed E-state index contributed by atoms with van der Waals surface area (Å²) in [4.78, 5) is 28.4. The van der Waals surface area contributed by atoms with Crippen LogP contribution in [0.3, 0.4) is 0 Å². The Kier molecular flexibility index (Phi) is 11.0. The Morgan fingerprint density at radius 1 is 1.11 bits per heavy atom. The van der Waals surface area contributed by atoms with E-state index < -0.39 is 6.04 Å². The standard InChI is InChI=1S/C28H35BrCl2N2O3/c1-4-25(28(35)32-22-8-6-5-7-9-22)33(16-20-10-12-21(30)15-24(20)31)27(34)17-36-26-13-11-19(18(2)3)14-23(26)29/h10-15,18,22,25H,4-9,16-17H2,1-3H3,(H,32,35)/t25-/m1/s1. The number of nitrogens with zero attached hydrogens (tertiary/aromatic N) is 1. The molecule has 1 atom stereocenters. The van der Waals surface area contributed by atoms with Gasteiger partial charge in [-0.25, -0.2) is 0 Å². The summed E-state index contributed by atoms with van der Waals surface area (Å²) >= 11 is 16.1. The molecule has 0 bridgehead atoms. The molecule has 0 heterocycles. The van der Waals surface area contributed by atoms with E-state index in [0.29, 0.717) is 28.1 Å². The van der Waals surface area contributed by atoms with Gasteiger partial charge in [0.25, 0.3) is 5.91 Å². The number of nitrogens with one attached hydrogen (secondary N) is 1. The van der Waals surface area contributed by atoms with Crippen molar-refractivity contribution in [3.05, 3.63) is 62.0 Å². The van der Waals surface area contributed by atoms with Crippen molar-refractivity contribution in [2.45, 2.75) is 83.8 Å². The van der Waals surface area contributed by atoms with Crippen molar-refractivity contribution < 1.29 is 14.3 Å². The fourth-order valence-corrected chi connectivity index (χ4v) is 5.49. The second-order valence-corrected chi connectivity index (χ2v) is 11.4. The number of hydrogen-bond donors (Lipinski definition) is 1. The number of carbonyl (C=O) groups is 2. The number of ether oxygens (including phenoxy) is 1. The van der Waals surface area contributed by atoms with Crippen LogP contribution < -0.4 is 10.1 Å². The summed E-state index contributed by atoms with van der Waals surface area (Å²) < 4.78 is 6.69. The van der Waals surface area contributed by atoms with Crippen molar-refractivity contribution >= 4 is 50.9 Å². The molecule has 0 spiro atoms. The largest absolute Gasteiger partial charge is 0.483 e. The molecule has 1 N–H and O–H groups in total. The van der Waals surface area contributed by atoms with Gasteiger partial charge in [0.1, 0.15) is 11.8 Å². The lowest BCUT2D eigenvalue weighted by Gasteiger charge is -2.33. The van der Waals surface area contributed by atoms with Gasteiger partial charge in [-0.3, -0.25) is 9.59 Å². The minimum atomic E-state index is -0.637. The van der Waals surface area contributed by atoms with Gasteiger partial charge in [-0.1, -0.05) is 75.4 Å². The van der Waals surface area contributed by atoms with E-state index in [1.54, 1.807) is 23.1 Å². The maximum atomic E-state index is 13.5. The maximum absolute atomic E-state index is 13.5. The van der Waals surface area contributed by atoms with Crippen LogP contribution >= 0.6 is 39.1 Å². The Labute approximate surface area is 233 Å². The first kappa shape index (κ1) is 28.8. The average molecular weight is 598 g/mol.